The largest absolute Gasteiger partial charge is 0.379 e. The van der Waals surface area contributed by atoms with Crippen molar-refractivity contribution in [3.8, 4) is 12.1 Å². The number of ether oxygens (including phenoxy) is 4. The van der Waals surface area contributed by atoms with Gasteiger partial charge in [-0.05, 0) is 12.8 Å². The molecule has 0 fully saturated rings. The van der Waals surface area contributed by atoms with Gasteiger partial charge in [-0.1, -0.05) is 0 Å². The number of unbranched alkanes of at least 4 members (excludes halogenated alkanes) is 2. The van der Waals surface area contributed by atoms with Crippen LogP contribution in [-0.2, 0) is 18.9 Å². The van der Waals surface area contributed by atoms with E-state index in [1.807, 2.05) is 0 Å². The molecule has 0 aliphatic heterocycles. The molecule has 28 heavy (non-hydrogen) atoms. The van der Waals surface area contributed by atoms with E-state index >= 15 is 0 Å². The van der Waals surface area contributed by atoms with E-state index in [-0.39, 0.29) is 12.2 Å². The van der Waals surface area contributed by atoms with Crippen LogP contribution < -0.4 is 0 Å². The van der Waals surface area contributed by atoms with Crippen molar-refractivity contribution < 1.29 is 18.9 Å². The molecule has 0 saturated carbocycles. The van der Waals surface area contributed by atoms with E-state index in [0.717, 1.165) is 0 Å². The maximum absolute atomic E-state index is 8.67. The molecule has 0 aromatic carbocycles. The van der Waals surface area contributed by atoms with Crippen LogP contribution in [0.2, 0.25) is 0 Å². The Bertz CT molecular complexity index is 482. The van der Waals surface area contributed by atoms with Gasteiger partial charge < -0.3 is 28.6 Å². The maximum atomic E-state index is 8.67. The Labute approximate surface area is 168 Å². The summed E-state index contributed by atoms with van der Waals surface area (Å²) >= 11 is 0. The van der Waals surface area contributed by atoms with E-state index in [2.05, 4.69) is 21.8 Å². The van der Waals surface area contributed by atoms with Gasteiger partial charge >= 0.3 is 0 Å². The Morgan fingerprint density at radius 1 is 0.679 bits per heavy atom. The number of hydrogen-bond acceptors (Lipinski definition) is 6. The highest BCUT2D eigenvalue weighted by Crippen LogP contribution is 2.10. The third kappa shape index (κ3) is 16.0. The molecule has 0 radical (unpaired) electrons. The average molecular weight is 390 g/mol. The van der Waals surface area contributed by atoms with Crippen LogP contribution in [0.1, 0.15) is 38.5 Å². The van der Waals surface area contributed by atoms with Gasteiger partial charge in [0.1, 0.15) is 12.2 Å². The molecular formula is C20H30N4O4. The zero-order valence-corrected chi connectivity index (χ0v) is 16.5. The molecule has 8 nitrogen and oxygen atoms in total. The van der Waals surface area contributed by atoms with E-state index < -0.39 is 0 Å². The molecule has 0 N–H and O–H groups in total. The summed E-state index contributed by atoms with van der Waals surface area (Å²) in [5, 5.41) is 17.3. The summed E-state index contributed by atoms with van der Waals surface area (Å²) in [5.74, 6) is 0. The Morgan fingerprint density at radius 2 is 1.11 bits per heavy atom. The van der Waals surface area contributed by atoms with Crippen molar-refractivity contribution in [1.82, 2.24) is 0 Å². The van der Waals surface area contributed by atoms with Crippen LogP contribution in [-0.4, -0.2) is 64.9 Å². The average Bonchev–Trinajstić information content (AvgIpc) is 2.71. The fraction of sp³-hybridized carbons (Fsp3) is 0.800. The van der Waals surface area contributed by atoms with Gasteiger partial charge in [-0.25, -0.2) is 13.1 Å². The van der Waals surface area contributed by atoms with Crippen molar-refractivity contribution >= 4 is 0 Å². The van der Waals surface area contributed by atoms with Gasteiger partial charge in [-0.2, -0.15) is 10.5 Å². The van der Waals surface area contributed by atoms with E-state index in [9.17, 15) is 0 Å². The molecule has 0 aliphatic rings. The van der Waals surface area contributed by atoms with Crippen LogP contribution in [0, 0.1) is 35.8 Å². The fourth-order valence-electron chi connectivity index (χ4n) is 2.19. The first-order valence-electron chi connectivity index (χ1n) is 9.59. The topological polar surface area (TPSA) is 93.2 Å². The van der Waals surface area contributed by atoms with E-state index in [0.29, 0.717) is 91.3 Å². The van der Waals surface area contributed by atoms with E-state index in [1.165, 1.54) is 0 Å². The SMILES string of the molecule is [C-]#[N+]CCCOCC(OCCC[N+]#[C-])C(COCCCC#N)OCCCC#N. The summed E-state index contributed by atoms with van der Waals surface area (Å²) in [5.41, 5.74) is 0. The third-order valence-corrected chi connectivity index (χ3v) is 3.63. The fourth-order valence-corrected chi connectivity index (χ4v) is 2.19. The van der Waals surface area contributed by atoms with Gasteiger partial charge in [0, 0.05) is 38.9 Å². The lowest BCUT2D eigenvalue weighted by atomic mass is 10.2. The minimum atomic E-state index is -0.366. The molecule has 0 spiro atoms. The van der Waals surface area contributed by atoms with Crippen LogP contribution >= 0.6 is 0 Å². The number of hydrogen-bond donors (Lipinski definition) is 0. The minimum absolute atomic E-state index is 0.302. The summed E-state index contributed by atoms with van der Waals surface area (Å²) in [6.07, 6.45) is 2.69. The monoisotopic (exact) mass is 390 g/mol. The van der Waals surface area contributed by atoms with E-state index in [4.69, 9.17) is 42.6 Å². The predicted octanol–water partition coefficient (Wildman–Crippen LogP) is 3.02. The van der Waals surface area contributed by atoms with Gasteiger partial charge in [0.15, 0.2) is 0 Å². The first-order chi connectivity index (χ1) is 13.8. The molecule has 0 saturated heterocycles. The lowest BCUT2D eigenvalue weighted by molar-refractivity contribution is -0.127. The highest BCUT2D eigenvalue weighted by atomic mass is 16.6. The van der Waals surface area contributed by atoms with Crippen LogP contribution in [0.15, 0.2) is 0 Å². The van der Waals surface area contributed by atoms with Crippen molar-refractivity contribution in [2.75, 3.05) is 52.7 Å². The molecule has 0 bridgehead atoms. The molecule has 0 amide bonds. The highest BCUT2D eigenvalue weighted by Gasteiger charge is 2.24. The predicted molar refractivity (Wildman–Crippen MR) is 103 cm³/mol. The summed E-state index contributed by atoms with van der Waals surface area (Å²) < 4.78 is 23.1. The quantitative estimate of drug-likeness (QED) is 0.249. The number of nitriles is 2. The Morgan fingerprint density at radius 3 is 1.61 bits per heavy atom. The first kappa shape index (κ1) is 25.8. The summed E-state index contributed by atoms with van der Waals surface area (Å²) in [6.45, 7) is 16.8. The standard InChI is InChI=1S/C20H30N4O4/c1-23-11-7-14-26-18-20(28-16-8-12-24-2)19(27-15-6-4-10-22)17-25-13-5-3-9-21/h19-20H,3-8,11-18H2. The van der Waals surface area contributed by atoms with Crippen LogP contribution in [0.5, 0.6) is 0 Å². The third-order valence-electron chi connectivity index (χ3n) is 3.63. The maximum Gasteiger partial charge on any atom is 0.216 e. The number of rotatable bonds is 19. The molecule has 8 heteroatoms. The van der Waals surface area contributed by atoms with Crippen LogP contribution in [0.3, 0.4) is 0 Å². The molecule has 0 aromatic heterocycles. The lowest BCUT2D eigenvalue weighted by Gasteiger charge is -2.27. The van der Waals surface area contributed by atoms with Gasteiger partial charge in [0.2, 0.25) is 13.1 Å². The minimum Gasteiger partial charge on any atom is -0.379 e. The molecule has 154 valence electrons. The van der Waals surface area contributed by atoms with Crippen molar-refractivity contribution in [2.24, 2.45) is 0 Å². The summed E-state index contributed by atoms with van der Waals surface area (Å²) in [4.78, 5) is 6.62. The van der Waals surface area contributed by atoms with Crippen molar-refractivity contribution in [1.29, 1.82) is 10.5 Å². The van der Waals surface area contributed by atoms with Gasteiger partial charge in [-0.15, -0.1) is 0 Å². The van der Waals surface area contributed by atoms with E-state index in [1.54, 1.807) is 0 Å². The zero-order valence-electron chi connectivity index (χ0n) is 16.5. The van der Waals surface area contributed by atoms with Crippen LogP contribution in [0.25, 0.3) is 9.69 Å². The van der Waals surface area contributed by atoms with Crippen molar-refractivity contribution in [2.45, 2.75) is 50.7 Å². The molecule has 0 aliphatic carbocycles. The summed E-state index contributed by atoms with van der Waals surface area (Å²) in [7, 11) is 0. The second-order valence-electron chi connectivity index (χ2n) is 5.96. The van der Waals surface area contributed by atoms with Crippen molar-refractivity contribution in [3.05, 3.63) is 22.8 Å². The molecule has 0 rings (SSSR count). The number of nitrogens with zero attached hydrogens (tertiary/aromatic N) is 4. The van der Waals surface area contributed by atoms with Crippen LogP contribution in [0.4, 0.5) is 0 Å². The molecular weight excluding hydrogens is 360 g/mol. The van der Waals surface area contributed by atoms with Gasteiger partial charge in [-0.3, -0.25) is 0 Å². The lowest BCUT2D eigenvalue weighted by Crippen LogP contribution is -2.40. The normalized spacial score (nSPS) is 12.3. The Balaban J connectivity index is 4.65. The second-order valence-corrected chi connectivity index (χ2v) is 5.96. The first-order valence-corrected chi connectivity index (χ1v) is 9.59. The molecule has 2 unspecified atom stereocenters. The van der Waals surface area contributed by atoms with Gasteiger partial charge in [0.25, 0.3) is 0 Å². The molecule has 0 heterocycles. The van der Waals surface area contributed by atoms with Crippen molar-refractivity contribution in [3.63, 3.8) is 0 Å². The smallest absolute Gasteiger partial charge is 0.216 e. The molecule has 0 aromatic rings. The summed E-state index contributed by atoms with van der Waals surface area (Å²) in [6, 6.07) is 4.17. The Hall–Kier alpha value is -2.20. The zero-order chi connectivity index (χ0) is 20.7. The Kier molecular flexibility index (Phi) is 19.4. The van der Waals surface area contributed by atoms with Gasteiger partial charge in [0.05, 0.1) is 38.6 Å². The highest BCUT2D eigenvalue weighted by molar-refractivity contribution is 4.74. The second kappa shape index (κ2) is 21.1. The molecule has 2 atom stereocenters.